The van der Waals surface area contributed by atoms with E-state index in [0.29, 0.717) is 23.2 Å². The van der Waals surface area contributed by atoms with Crippen LogP contribution in [0.25, 0.3) is 0 Å². The molecule has 0 bridgehead atoms. The fraction of sp³-hybridized carbons (Fsp3) is 1.00. The highest BCUT2D eigenvalue weighted by Gasteiger charge is 2.52. The van der Waals surface area contributed by atoms with Crippen molar-refractivity contribution < 1.29 is 10.2 Å². The summed E-state index contributed by atoms with van der Waals surface area (Å²) >= 11 is 0. The molecule has 2 N–H and O–H groups in total. The van der Waals surface area contributed by atoms with Gasteiger partial charge < -0.3 is 10.2 Å². The smallest absolute Gasteiger partial charge is 0.0653 e. The topological polar surface area (TPSA) is 40.5 Å². The number of rotatable bonds is 6. The lowest BCUT2D eigenvalue weighted by Gasteiger charge is -2.47. The van der Waals surface area contributed by atoms with E-state index < -0.39 is 5.60 Å². The molecule has 0 amide bonds. The average molecular weight is 379 g/mol. The average Bonchev–Trinajstić information content (AvgIpc) is 2.93. The molecule has 0 radical (unpaired) electrons. The molecule has 3 aliphatic rings. The summed E-state index contributed by atoms with van der Waals surface area (Å²) in [7, 11) is 0. The minimum Gasteiger partial charge on any atom is -0.393 e. The second-order valence-electron chi connectivity index (χ2n) is 11.6. The highest BCUT2D eigenvalue weighted by molar-refractivity contribution is 5.02. The van der Waals surface area contributed by atoms with Gasteiger partial charge in [-0.25, -0.2) is 0 Å². The van der Waals surface area contributed by atoms with Gasteiger partial charge in [0.25, 0.3) is 0 Å². The van der Waals surface area contributed by atoms with E-state index in [0.717, 1.165) is 37.0 Å². The van der Waals surface area contributed by atoms with Gasteiger partial charge in [-0.3, -0.25) is 0 Å². The van der Waals surface area contributed by atoms with E-state index in [4.69, 9.17) is 0 Å². The van der Waals surface area contributed by atoms with E-state index >= 15 is 0 Å². The van der Waals surface area contributed by atoms with Crippen molar-refractivity contribution in [3.63, 3.8) is 0 Å². The van der Waals surface area contributed by atoms with Crippen LogP contribution in [0, 0.1) is 40.9 Å². The Morgan fingerprint density at radius 3 is 2.33 bits per heavy atom. The molecule has 0 aromatic rings. The van der Waals surface area contributed by atoms with Crippen LogP contribution in [0.1, 0.15) is 105 Å². The van der Waals surface area contributed by atoms with Gasteiger partial charge in [0.05, 0.1) is 11.7 Å². The molecule has 3 fully saturated rings. The third-order valence-corrected chi connectivity index (χ3v) is 9.13. The van der Waals surface area contributed by atoms with Gasteiger partial charge >= 0.3 is 0 Å². The van der Waals surface area contributed by atoms with Crippen molar-refractivity contribution >= 4 is 0 Å². The Bertz CT molecular complexity index is 487. The Balaban J connectivity index is 1.60. The van der Waals surface area contributed by atoms with Crippen LogP contribution in [0.4, 0.5) is 0 Å². The van der Waals surface area contributed by atoms with E-state index in [1.54, 1.807) is 0 Å². The zero-order valence-corrected chi connectivity index (χ0v) is 18.7. The summed E-state index contributed by atoms with van der Waals surface area (Å²) in [6.45, 7) is 11.4. The first-order valence-corrected chi connectivity index (χ1v) is 12.0. The third-order valence-electron chi connectivity index (χ3n) is 9.13. The molecule has 0 spiro atoms. The van der Waals surface area contributed by atoms with E-state index in [9.17, 15) is 10.2 Å². The van der Waals surface area contributed by atoms with E-state index in [-0.39, 0.29) is 6.10 Å². The van der Waals surface area contributed by atoms with Crippen LogP contribution in [0.2, 0.25) is 0 Å². The summed E-state index contributed by atoms with van der Waals surface area (Å²) in [5, 5.41) is 21.4. The van der Waals surface area contributed by atoms with Crippen LogP contribution in [0.3, 0.4) is 0 Å². The Morgan fingerprint density at radius 2 is 1.67 bits per heavy atom. The molecule has 0 heterocycles. The summed E-state index contributed by atoms with van der Waals surface area (Å²) < 4.78 is 0. The highest BCUT2D eigenvalue weighted by Crippen LogP contribution is 2.59. The molecule has 2 nitrogen and oxygen atoms in total. The van der Waals surface area contributed by atoms with Crippen molar-refractivity contribution in [2.24, 2.45) is 40.9 Å². The molecule has 158 valence electrons. The monoisotopic (exact) mass is 378 g/mol. The summed E-state index contributed by atoms with van der Waals surface area (Å²) in [4.78, 5) is 0. The van der Waals surface area contributed by atoms with Gasteiger partial charge in [-0.15, -0.1) is 0 Å². The second-order valence-corrected chi connectivity index (χ2v) is 11.6. The molecular formula is C25H46O2. The SMILES string of the molecule is CC(C)C[C@@]1(O)CC[C@H](C)[C@H](CC[C@@H]2CCC[C@]3(C)[C@@H](C(C)O)CC[C@@H]23)C1. The van der Waals surface area contributed by atoms with Gasteiger partial charge in [-0.05, 0) is 106 Å². The molecule has 0 saturated heterocycles. The fourth-order valence-electron chi connectivity index (χ4n) is 7.81. The number of fused-ring (bicyclic) bond motifs is 1. The first kappa shape index (κ1) is 21.6. The molecule has 0 aromatic heterocycles. The maximum Gasteiger partial charge on any atom is 0.0653 e. The Morgan fingerprint density at radius 1 is 0.963 bits per heavy atom. The van der Waals surface area contributed by atoms with Crippen LogP contribution in [0.15, 0.2) is 0 Å². The Hall–Kier alpha value is -0.0800. The second kappa shape index (κ2) is 8.34. The standard InChI is InChI=1S/C25H46O2/c1-17(2)15-25(27)14-12-18(3)21(16-25)9-8-20-7-6-13-24(5)22(19(4)26)10-11-23(20)24/h17-23,26-27H,6-16H2,1-5H3/t18-,19?,20-,21+,22+,23-,24+,25-/m0/s1. The van der Waals surface area contributed by atoms with Gasteiger partial charge in [0, 0.05) is 0 Å². The molecule has 3 rings (SSSR count). The number of aliphatic hydroxyl groups is 2. The molecule has 0 aliphatic heterocycles. The van der Waals surface area contributed by atoms with Crippen molar-refractivity contribution in [2.75, 3.05) is 0 Å². The maximum atomic E-state index is 11.1. The molecule has 3 saturated carbocycles. The molecule has 0 aromatic carbocycles. The van der Waals surface area contributed by atoms with Crippen molar-refractivity contribution in [1.82, 2.24) is 0 Å². The van der Waals surface area contributed by atoms with Crippen molar-refractivity contribution in [3.8, 4) is 0 Å². The molecule has 3 aliphatic carbocycles. The predicted octanol–water partition coefficient (Wildman–Crippen LogP) is 6.19. The number of hydrogen-bond donors (Lipinski definition) is 2. The molecular weight excluding hydrogens is 332 g/mol. The van der Waals surface area contributed by atoms with E-state index in [1.807, 2.05) is 6.92 Å². The molecule has 2 heteroatoms. The fourth-order valence-corrected chi connectivity index (χ4v) is 7.81. The quantitative estimate of drug-likeness (QED) is 0.578. The van der Waals surface area contributed by atoms with Crippen LogP contribution >= 0.6 is 0 Å². The normalized spacial score (nSPS) is 46.4. The zero-order valence-electron chi connectivity index (χ0n) is 18.7. The molecule has 1 unspecified atom stereocenters. The largest absolute Gasteiger partial charge is 0.393 e. The summed E-state index contributed by atoms with van der Waals surface area (Å²) in [6.07, 6.45) is 13.3. The van der Waals surface area contributed by atoms with Crippen molar-refractivity contribution in [1.29, 1.82) is 0 Å². The molecule has 8 atom stereocenters. The van der Waals surface area contributed by atoms with Gasteiger partial charge in [0.15, 0.2) is 0 Å². The van der Waals surface area contributed by atoms with Crippen LogP contribution in [-0.4, -0.2) is 21.9 Å². The third kappa shape index (κ3) is 4.58. The first-order valence-electron chi connectivity index (χ1n) is 12.0. The predicted molar refractivity (Wildman–Crippen MR) is 113 cm³/mol. The minimum atomic E-state index is -0.406. The van der Waals surface area contributed by atoms with Gasteiger partial charge in [-0.2, -0.15) is 0 Å². The van der Waals surface area contributed by atoms with Crippen LogP contribution < -0.4 is 0 Å². The molecule has 27 heavy (non-hydrogen) atoms. The lowest BCUT2D eigenvalue weighted by Crippen LogP contribution is -2.41. The minimum absolute atomic E-state index is 0.150. The van der Waals surface area contributed by atoms with Gasteiger partial charge in [0.2, 0.25) is 0 Å². The van der Waals surface area contributed by atoms with Crippen molar-refractivity contribution in [2.45, 2.75) is 117 Å². The van der Waals surface area contributed by atoms with Crippen LogP contribution in [0.5, 0.6) is 0 Å². The van der Waals surface area contributed by atoms with Crippen LogP contribution in [-0.2, 0) is 0 Å². The maximum absolute atomic E-state index is 11.1. The van der Waals surface area contributed by atoms with Gasteiger partial charge in [-0.1, -0.05) is 40.5 Å². The number of aliphatic hydroxyl groups excluding tert-OH is 1. The summed E-state index contributed by atoms with van der Waals surface area (Å²) in [6, 6.07) is 0. The lowest BCUT2D eigenvalue weighted by molar-refractivity contribution is -0.0525. The van der Waals surface area contributed by atoms with Crippen molar-refractivity contribution in [3.05, 3.63) is 0 Å². The Labute approximate surface area is 168 Å². The Kier molecular flexibility index (Phi) is 6.68. The zero-order chi connectivity index (χ0) is 19.8. The summed E-state index contributed by atoms with van der Waals surface area (Å²) in [5.74, 6) is 4.22. The summed E-state index contributed by atoms with van der Waals surface area (Å²) in [5.41, 5.74) is -0.0369. The van der Waals surface area contributed by atoms with E-state index in [2.05, 4.69) is 27.7 Å². The lowest BCUT2D eigenvalue weighted by atomic mass is 9.59. The van der Waals surface area contributed by atoms with E-state index in [1.165, 1.54) is 51.4 Å². The number of hydrogen-bond acceptors (Lipinski definition) is 2. The van der Waals surface area contributed by atoms with Gasteiger partial charge in [0.1, 0.15) is 0 Å². The highest BCUT2D eigenvalue weighted by atomic mass is 16.3. The first-order chi connectivity index (χ1) is 12.6.